The minimum atomic E-state index is -1.14. The number of hydrogen-bond acceptors (Lipinski definition) is 4. The summed E-state index contributed by atoms with van der Waals surface area (Å²) >= 11 is 0. The number of nitrogens with two attached hydrogens (primary N) is 1. The van der Waals surface area contributed by atoms with Crippen molar-refractivity contribution >= 4 is 24.1 Å². The summed E-state index contributed by atoms with van der Waals surface area (Å²) in [5, 5.41) is 15.9. The summed E-state index contributed by atoms with van der Waals surface area (Å²) in [6.45, 7) is 11.1. The summed E-state index contributed by atoms with van der Waals surface area (Å²) in [5.41, 5.74) is 4.42. The second-order valence-electron chi connectivity index (χ2n) is 2.97. The highest BCUT2D eigenvalue weighted by molar-refractivity contribution is 6.01. The van der Waals surface area contributed by atoms with Gasteiger partial charge < -0.3 is 15.9 Å². The maximum absolute atomic E-state index is 10.8. The lowest BCUT2D eigenvalue weighted by atomic mass is 10.1. The first-order valence-electron chi connectivity index (χ1n) is 4.74. The molecule has 7 nitrogen and oxygen atoms in total. The Labute approximate surface area is 110 Å². The van der Waals surface area contributed by atoms with Crippen LogP contribution in [-0.4, -0.2) is 34.3 Å². The van der Waals surface area contributed by atoms with Crippen LogP contribution in [0.25, 0.3) is 0 Å². The maximum atomic E-state index is 10.8. The summed E-state index contributed by atoms with van der Waals surface area (Å²) in [7, 11) is 0. The third-order valence-electron chi connectivity index (χ3n) is 1.33. The van der Waals surface area contributed by atoms with Crippen molar-refractivity contribution in [2.45, 2.75) is 13.3 Å². The topological polar surface area (TPSA) is 135 Å². The average molecular weight is 271 g/mol. The van der Waals surface area contributed by atoms with E-state index in [-0.39, 0.29) is 24.2 Å². The molecule has 0 unspecified atom stereocenters. The molecule has 106 valence electrons. The summed E-state index contributed by atoms with van der Waals surface area (Å²) < 4.78 is 0. The van der Waals surface area contributed by atoms with Gasteiger partial charge in [-0.15, -0.1) is 0 Å². The van der Waals surface area contributed by atoms with E-state index in [2.05, 4.69) is 25.5 Å². The van der Waals surface area contributed by atoms with Crippen LogP contribution in [0.3, 0.4) is 0 Å². The smallest absolute Gasteiger partial charge is 0.331 e. The molecule has 0 aromatic rings. The van der Waals surface area contributed by atoms with E-state index in [1.54, 1.807) is 0 Å². The normalized spacial score (nSPS) is 7.42. The molecule has 0 aromatic carbocycles. The number of carbonyl (C=O) groups excluding carboxylic acids is 2. The number of allylic oxidation sites excluding steroid dienone is 1. The third kappa shape index (κ3) is 21.2. The highest BCUT2D eigenvalue weighted by Crippen LogP contribution is 2.03. The summed E-state index contributed by atoms with van der Waals surface area (Å²) in [5.74, 6) is -2.40. The van der Waals surface area contributed by atoms with Gasteiger partial charge in [-0.2, -0.15) is 0 Å². The monoisotopic (exact) mass is 271 g/mol. The fourth-order valence-electron chi connectivity index (χ4n) is 0.420. The molecule has 0 aliphatic heterocycles. The highest BCUT2D eigenvalue weighted by Gasteiger charge is 2.09. The van der Waals surface area contributed by atoms with Gasteiger partial charge in [-0.05, 0) is 12.5 Å². The Morgan fingerprint density at radius 3 is 1.68 bits per heavy atom. The van der Waals surface area contributed by atoms with Gasteiger partial charge in [0.05, 0.1) is 0 Å². The molecule has 4 N–H and O–H groups in total. The molecule has 0 spiro atoms. The third-order valence-corrected chi connectivity index (χ3v) is 1.33. The number of amides is 1. The van der Waals surface area contributed by atoms with Crippen molar-refractivity contribution in [2.75, 3.05) is 0 Å². The fraction of sp³-hybridized carbons (Fsp3) is 0.167. The molecule has 0 radical (unpaired) electrons. The standard InChI is InChI=1S/C8H10O3.C3H4O2.CH3NO/c1-5(2)7(9)4-6(3)8(10)11;1-2-3(4)5;2-1-3/h1,3-4H2,2H3,(H,10,11);2H,1H2,(H,4,5);1H,(H2,2,3). The molecule has 0 aliphatic rings. The zero-order chi connectivity index (χ0) is 16.0. The molecule has 0 aromatic heterocycles. The van der Waals surface area contributed by atoms with Crippen molar-refractivity contribution in [1.29, 1.82) is 0 Å². The minimum absolute atomic E-state index is 0.0991. The molecule has 0 heterocycles. The van der Waals surface area contributed by atoms with E-state index in [9.17, 15) is 14.4 Å². The first-order chi connectivity index (χ1) is 8.63. The summed E-state index contributed by atoms with van der Waals surface area (Å²) in [6.07, 6.45) is 0.935. The number of rotatable bonds is 5. The van der Waals surface area contributed by atoms with Crippen LogP contribution < -0.4 is 5.73 Å². The quantitative estimate of drug-likeness (QED) is 0.492. The van der Waals surface area contributed by atoms with Gasteiger partial charge in [0.2, 0.25) is 6.41 Å². The molecule has 1 amide bonds. The number of carboxylic acid groups (broad SMARTS) is 2. The van der Waals surface area contributed by atoms with Crippen LogP contribution in [0, 0.1) is 0 Å². The second-order valence-corrected chi connectivity index (χ2v) is 2.97. The van der Waals surface area contributed by atoms with E-state index in [1.165, 1.54) is 6.92 Å². The van der Waals surface area contributed by atoms with E-state index in [0.717, 1.165) is 6.08 Å². The summed E-state index contributed by atoms with van der Waals surface area (Å²) in [6, 6.07) is 0. The van der Waals surface area contributed by atoms with Crippen LogP contribution >= 0.6 is 0 Å². The van der Waals surface area contributed by atoms with E-state index < -0.39 is 11.9 Å². The molecule has 7 heteroatoms. The van der Waals surface area contributed by atoms with Crippen LogP contribution in [0.15, 0.2) is 37.0 Å². The zero-order valence-electron chi connectivity index (χ0n) is 10.6. The Kier molecular flexibility index (Phi) is 15.2. The predicted molar refractivity (Wildman–Crippen MR) is 69.3 cm³/mol. The summed E-state index contributed by atoms with van der Waals surface area (Å²) in [4.78, 5) is 38.8. The van der Waals surface area contributed by atoms with Gasteiger partial charge in [0.15, 0.2) is 5.78 Å². The van der Waals surface area contributed by atoms with Crippen LogP contribution in [0.1, 0.15) is 13.3 Å². The van der Waals surface area contributed by atoms with Gasteiger partial charge in [0.1, 0.15) is 0 Å². The Morgan fingerprint density at radius 1 is 1.21 bits per heavy atom. The Hall–Kier alpha value is -2.70. The van der Waals surface area contributed by atoms with Crippen LogP contribution in [0.4, 0.5) is 0 Å². The molecule has 0 rings (SSSR count). The Balaban J connectivity index is -0.000000266. The highest BCUT2D eigenvalue weighted by atomic mass is 16.4. The zero-order valence-corrected chi connectivity index (χ0v) is 10.6. The van der Waals surface area contributed by atoms with Crippen molar-refractivity contribution < 1.29 is 29.4 Å². The predicted octanol–water partition coefficient (Wildman–Crippen LogP) is 0.521. The molecule has 0 saturated carbocycles. The van der Waals surface area contributed by atoms with Crippen molar-refractivity contribution in [2.24, 2.45) is 5.73 Å². The number of ketones is 1. The largest absolute Gasteiger partial charge is 0.478 e. The molecule has 0 bridgehead atoms. The van der Waals surface area contributed by atoms with E-state index in [4.69, 9.17) is 15.0 Å². The lowest BCUT2D eigenvalue weighted by Gasteiger charge is -1.97. The SMILES string of the molecule is C=C(C)C(=O)CC(=C)C(=O)O.C=CC(=O)O.NC=O. The number of carbonyl (C=O) groups is 4. The second kappa shape index (κ2) is 13.4. The van der Waals surface area contributed by atoms with Crippen LogP contribution in [0.2, 0.25) is 0 Å². The minimum Gasteiger partial charge on any atom is -0.478 e. The molecule has 0 aliphatic carbocycles. The number of primary amides is 1. The number of hydrogen-bond donors (Lipinski definition) is 3. The molecular formula is C12H17NO6. The van der Waals surface area contributed by atoms with Crippen molar-refractivity contribution in [3.05, 3.63) is 37.0 Å². The molecule has 0 atom stereocenters. The fourth-order valence-corrected chi connectivity index (χ4v) is 0.420. The maximum Gasteiger partial charge on any atom is 0.331 e. The average Bonchev–Trinajstić information content (AvgIpc) is 2.30. The van der Waals surface area contributed by atoms with Gasteiger partial charge in [-0.1, -0.05) is 19.7 Å². The van der Waals surface area contributed by atoms with Gasteiger partial charge in [0.25, 0.3) is 0 Å². The lowest BCUT2D eigenvalue weighted by molar-refractivity contribution is -0.133. The van der Waals surface area contributed by atoms with Crippen molar-refractivity contribution in [3.63, 3.8) is 0 Å². The Morgan fingerprint density at radius 2 is 1.53 bits per heavy atom. The van der Waals surface area contributed by atoms with E-state index in [0.29, 0.717) is 5.57 Å². The molecular weight excluding hydrogens is 254 g/mol. The van der Waals surface area contributed by atoms with E-state index in [1.807, 2.05) is 0 Å². The number of Topliss-reactive ketones (excluding diaryl/α,β-unsaturated/α-hetero) is 1. The van der Waals surface area contributed by atoms with Gasteiger partial charge in [0, 0.05) is 18.1 Å². The molecule has 19 heavy (non-hydrogen) atoms. The Bertz CT molecular complexity index is 360. The van der Waals surface area contributed by atoms with Crippen molar-refractivity contribution in [1.82, 2.24) is 0 Å². The van der Waals surface area contributed by atoms with E-state index >= 15 is 0 Å². The number of carboxylic acids is 2. The number of aliphatic carboxylic acids is 2. The first kappa shape index (κ1) is 21.6. The van der Waals surface area contributed by atoms with Gasteiger partial charge in [-0.3, -0.25) is 9.59 Å². The van der Waals surface area contributed by atoms with Gasteiger partial charge >= 0.3 is 11.9 Å². The van der Waals surface area contributed by atoms with Crippen LogP contribution in [-0.2, 0) is 19.2 Å². The lowest BCUT2D eigenvalue weighted by Crippen LogP contribution is -2.06. The molecule has 0 fully saturated rings. The first-order valence-corrected chi connectivity index (χ1v) is 4.74. The van der Waals surface area contributed by atoms with Gasteiger partial charge in [-0.25, -0.2) is 9.59 Å². The molecule has 0 saturated heterocycles. The van der Waals surface area contributed by atoms with Crippen molar-refractivity contribution in [3.8, 4) is 0 Å². The van der Waals surface area contributed by atoms with Crippen LogP contribution in [0.5, 0.6) is 0 Å².